The van der Waals surface area contributed by atoms with Crippen LogP contribution in [0.4, 0.5) is 0 Å². The second kappa shape index (κ2) is 6.36. The molecule has 1 heterocycles. The largest absolute Gasteiger partial charge is 0.480 e. The lowest BCUT2D eigenvalue weighted by Gasteiger charge is -2.30. The van der Waals surface area contributed by atoms with Gasteiger partial charge in [0.05, 0.1) is 6.20 Å². The molecule has 0 radical (unpaired) electrons. The highest BCUT2D eigenvalue weighted by atomic mass is 32.2. The van der Waals surface area contributed by atoms with Crippen molar-refractivity contribution in [2.24, 2.45) is 0 Å². The Hall–Kier alpha value is -1.41. The van der Waals surface area contributed by atoms with E-state index in [-0.39, 0.29) is 11.4 Å². The Balaban J connectivity index is 2.99. The molecule has 0 bridgehead atoms. The lowest BCUT2D eigenvalue weighted by Crippen LogP contribution is -2.46. The van der Waals surface area contributed by atoms with Gasteiger partial charge in [-0.15, -0.1) is 0 Å². The fourth-order valence-corrected chi connectivity index (χ4v) is 3.59. The minimum absolute atomic E-state index is 0.0153. The summed E-state index contributed by atoms with van der Waals surface area (Å²) in [5.41, 5.74) is -0.478. The first-order chi connectivity index (χ1) is 9.28. The molecular formula is C12H21N3O4S. The predicted octanol–water partition coefficient (Wildman–Crippen LogP) is 1.21. The summed E-state index contributed by atoms with van der Waals surface area (Å²) >= 11 is 0. The maximum absolute atomic E-state index is 12.3. The molecule has 0 aliphatic heterocycles. The number of aliphatic carboxylic acids is 1. The topological polar surface area (TPSA) is 101 Å². The van der Waals surface area contributed by atoms with Crippen molar-refractivity contribution in [1.29, 1.82) is 0 Å². The molecule has 0 unspecified atom stereocenters. The van der Waals surface area contributed by atoms with Crippen molar-refractivity contribution in [2.75, 3.05) is 0 Å². The second-order valence-corrected chi connectivity index (χ2v) is 6.40. The maximum atomic E-state index is 12.3. The Bertz CT molecular complexity index is 553. The van der Waals surface area contributed by atoms with Gasteiger partial charge in [-0.25, -0.2) is 13.1 Å². The van der Waals surface area contributed by atoms with Crippen LogP contribution in [-0.4, -0.2) is 34.8 Å². The first kappa shape index (κ1) is 16.6. The van der Waals surface area contributed by atoms with E-state index in [4.69, 9.17) is 5.11 Å². The minimum atomic E-state index is -3.70. The molecule has 0 aliphatic carbocycles. The molecule has 0 spiro atoms. The summed E-state index contributed by atoms with van der Waals surface area (Å²) in [6.07, 6.45) is 4.44. The van der Waals surface area contributed by atoms with Gasteiger partial charge in [0.15, 0.2) is 0 Å². The highest BCUT2D eigenvalue weighted by Gasteiger charge is 2.31. The van der Waals surface area contributed by atoms with Crippen LogP contribution in [0.3, 0.4) is 0 Å². The maximum Gasteiger partial charge on any atom is 0.325 e. The summed E-state index contributed by atoms with van der Waals surface area (Å²) in [4.78, 5) is 10.6. The van der Waals surface area contributed by atoms with Gasteiger partial charge >= 0.3 is 5.97 Å². The number of hydrogen-bond donors (Lipinski definition) is 2. The Labute approximate surface area is 119 Å². The number of carboxylic acid groups (broad SMARTS) is 1. The molecular weight excluding hydrogens is 282 g/mol. The second-order valence-electron chi connectivity index (χ2n) is 4.71. The number of nitrogens with one attached hydrogen (secondary N) is 1. The van der Waals surface area contributed by atoms with Crippen LogP contribution in [0.15, 0.2) is 17.3 Å². The zero-order chi connectivity index (χ0) is 15.4. The van der Waals surface area contributed by atoms with Crippen LogP contribution >= 0.6 is 0 Å². The summed E-state index contributed by atoms with van der Waals surface area (Å²) in [5, 5.41) is 12.4. The average molecular weight is 303 g/mol. The quantitative estimate of drug-likeness (QED) is 0.751. The molecule has 2 N–H and O–H groups in total. The fourth-order valence-electron chi connectivity index (χ4n) is 2.02. The van der Waals surface area contributed by atoms with E-state index in [1.807, 2.05) is 20.8 Å². The first-order valence-electron chi connectivity index (χ1n) is 6.56. The van der Waals surface area contributed by atoms with Gasteiger partial charge in [-0.05, 0) is 19.3 Å². The third-order valence-electron chi connectivity index (χ3n) is 3.60. The summed E-state index contributed by atoms with van der Waals surface area (Å²) in [5.74, 6) is -1.07. The van der Waals surface area contributed by atoms with Crippen molar-refractivity contribution in [1.82, 2.24) is 14.5 Å². The number of nitrogens with zero attached hydrogens (tertiary/aromatic N) is 2. The number of carbonyl (C=O) groups is 1. The molecule has 8 heteroatoms. The molecule has 114 valence electrons. The normalized spacial score (nSPS) is 12.6. The van der Waals surface area contributed by atoms with E-state index in [0.29, 0.717) is 19.3 Å². The molecule has 0 saturated heterocycles. The van der Waals surface area contributed by atoms with Crippen molar-refractivity contribution in [3.8, 4) is 0 Å². The van der Waals surface area contributed by atoms with Crippen molar-refractivity contribution < 1.29 is 18.3 Å². The summed E-state index contributed by atoms with van der Waals surface area (Å²) in [6, 6.07) is 0. The standard InChI is InChI=1S/C12H21N3O4S/c1-4-12(5-2,6-3)14-20(18,19)10-7-13-15(8-10)9-11(16)17/h7-8,14H,4-6,9H2,1-3H3,(H,16,17). The molecule has 0 atom stereocenters. The zero-order valence-electron chi connectivity index (χ0n) is 12.0. The number of carboxylic acids is 1. The number of hydrogen-bond acceptors (Lipinski definition) is 4. The van der Waals surface area contributed by atoms with Crippen molar-refractivity contribution in [3.63, 3.8) is 0 Å². The molecule has 0 aliphatic rings. The summed E-state index contributed by atoms with van der Waals surface area (Å²) in [6.45, 7) is 5.44. The smallest absolute Gasteiger partial charge is 0.325 e. The minimum Gasteiger partial charge on any atom is -0.480 e. The number of rotatable bonds is 8. The van der Waals surface area contributed by atoms with E-state index in [1.165, 1.54) is 6.20 Å². The molecule has 0 amide bonds. The SMILES string of the molecule is CCC(CC)(CC)NS(=O)(=O)c1cnn(CC(=O)O)c1. The lowest BCUT2D eigenvalue weighted by molar-refractivity contribution is -0.137. The summed E-state index contributed by atoms with van der Waals surface area (Å²) in [7, 11) is -3.70. The van der Waals surface area contributed by atoms with E-state index in [9.17, 15) is 13.2 Å². The Kier molecular flexibility index (Phi) is 5.29. The van der Waals surface area contributed by atoms with E-state index < -0.39 is 21.5 Å². The zero-order valence-corrected chi connectivity index (χ0v) is 12.8. The molecule has 1 rings (SSSR count). The van der Waals surface area contributed by atoms with Crippen LogP contribution in [0.1, 0.15) is 40.0 Å². The van der Waals surface area contributed by atoms with Crippen LogP contribution in [-0.2, 0) is 21.4 Å². The molecule has 0 aromatic carbocycles. The predicted molar refractivity (Wildman–Crippen MR) is 73.8 cm³/mol. The van der Waals surface area contributed by atoms with Gasteiger partial charge in [0, 0.05) is 11.7 Å². The van der Waals surface area contributed by atoms with Crippen molar-refractivity contribution >= 4 is 16.0 Å². The van der Waals surface area contributed by atoms with E-state index in [1.54, 1.807) is 0 Å². The third-order valence-corrected chi connectivity index (χ3v) is 5.13. The number of sulfonamides is 1. The Morgan fingerprint density at radius 2 is 1.90 bits per heavy atom. The Morgan fingerprint density at radius 3 is 2.35 bits per heavy atom. The third kappa shape index (κ3) is 3.80. The molecule has 20 heavy (non-hydrogen) atoms. The van der Waals surface area contributed by atoms with Gasteiger partial charge < -0.3 is 5.11 Å². The van der Waals surface area contributed by atoms with Crippen LogP contribution in [0, 0.1) is 0 Å². The molecule has 1 aromatic heterocycles. The lowest BCUT2D eigenvalue weighted by atomic mass is 9.91. The van der Waals surface area contributed by atoms with E-state index in [2.05, 4.69) is 9.82 Å². The summed E-state index contributed by atoms with van der Waals surface area (Å²) < 4.78 is 28.4. The highest BCUT2D eigenvalue weighted by Crippen LogP contribution is 2.22. The molecule has 1 aromatic rings. The fraction of sp³-hybridized carbons (Fsp3) is 0.667. The first-order valence-corrected chi connectivity index (χ1v) is 8.05. The van der Waals surface area contributed by atoms with E-state index in [0.717, 1.165) is 10.9 Å². The van der Waals surface area contributed by atoms with Gasteiger partial charge in [0.1, 0.15) is 11.4 Å². The van der Waals surface area contributed by atoms with Crippen LogP contribution < -0.4 is 4.72 Å². The Morgan fingerprint density at radius 1 is 1.35 bits per heavy atom. The van der Waals surface area contributed by atoms with Crippen LogP contribution in [0.2, 0.25) is 0 Å². The monoisotopic (exact) mass is 303 g/mol. The molecule has 7 nitrogen and oxygen atoms in total. The van der Waals surface area contributed by atoms with Crippen molar-refractivity contribution in [2.45, 2.75) is 57.0 Å². The average Bonchev–Trinajstić information content (AvgIpc) is 2.84. The number of aromatic nitrogens is 2. The van der Waals surface area contributed by atoms with Crippen LogP contribution in [0.5, 0.6) is 0 Å². The highest BCUT2D eigenvalue weighted by molar-refractivity contribution is 7.89. The van der Waals surface area contributed by atoms with Gasteiger partial charge in [0.2, 0.25) is 10.0 Å². The molecule has 0 saturated carbocycles. The van der Waals surface area contributed by atoms with Gasteiger partial charge in [-0.1, -0.05) is 20.8 Å². The van der Waals surface area contributed by atoms with Gasteiger partial charge in [-0.3, -0.25) is 9.48 Å². The van der Waals surface area contributed by atoms with Gasteiger partial charge in [0.25, 0.3) is 0 Å². The van der Waals surface area contributed by atoms with E-state index >= 15 is 0 Å². The van der Waals surface area contributed by atoms with Gasteiger partial charge in [-0.2, -0.15) is 5.10 Å². The van der Waals surface area contributed by atoms with Crippen LogP contribution in [0.25, 0.3) is 0 Å². The van der Waals surface area contributed by atoms with Crippen molar-refractivity contribution in [3.05, 3.63) is 12.4 Å². The molecule has 0 fully saturated rings.